The van der Waals surface area contributed by atoms with E-state index in [1.165, 1.54) is 17.3 Å². The first-order valence-corrected chi connectivity index (χ1v) is 8.14. The average molecular weight is 299 g/mol. The van der Waals surface area contributed by atoms with Gasteiger partial charge in [-0.15, -0.1) is 0 Å². The number of hydrogen-bond donors (Lipinski definition) is 0. The molecule has 0 atom stereocenters. The molecule has 1 saturated heterocycles. The zero-order chi connectivity index (χ0) is 15.5. The molecule has 3 rings (SSSR count). The van der Waals surface area contributed by atoms with Crippen LogP contribution in [0.2, 0.25) is 0 Å². The first-order valence-electron chi connectivity index (χ1n) is 8.14. The van der Waals surface area contributed by atoms with E-state index < -0.39 is 0 Å². The van der Waals surface area contributed by atoms with Gasteiger partial charge in [0.1, 0.15) is 0 Å². The van der Waals surface area contributed by atoms with Gasteiger partial charge >= 0.3 is 0 Å². The maximum atomic E-state index is 12.5. The Hall–Kier alpha value is -1.81. The SMILES string of the molecule is CN(C)Cn1cc(CC(=O)N2CCCCC2)c2ccccc21. The number of likely N-dealkylation sites (tertiary alicyclic amines) is 1. The quantitative estimate of drug-likeness (QED) is 0.868. The Balaban J connectivity index is 1.85. The highest BCUT2D eigenvalue weighted by Gasteiger charge is 2.19. The molecule has 0 N–H and O–H groups in total. The molecule has 118 valence electrons. The molecule has 2 aromatic rings. The van der Waals surface area contributed by atoms with Crippen LogP contribution < -0.4 is 0 Å². The lowest BCUT2D eigenvalue weighted by Crippen LogP contribution is -2.36. The molecular weight excluding hydrogens is 274 g/mol. The number of carbonyl (C=O) groups excluding carboxylic acids is 1. The predicted molar refractivity (Wildman–Crippen MR) is 89.8 cm³/mol. The van der Waals surface area contributed by atoms with Gasteiger partial charge in [-0.2, -0.15) is 0 Å². The molecule has 4 nitrogen and oxygen atoms in total. The van der Waals surface area contributed by atoms with Gasteiger partial charge in [-0.1, -0.05) is 18.2 Å². The molecule has 2 heterocycles. The molecule has 0 bridgehead atoms. The second-order valence-corrected chi connectivity index (χ2v) is 6.48. The third kappa shape index (κ3) is 3.17. The lowest BCUT2D eigenvalue weighted by atomic mass is 10.1. The Bertz CT molecular complexity index is 653. The Labute approximate surface area is 132 Å². The lowest BCUT2D eigenvalue weighted by Gasteiger charge is -2.26. The molecule has 0 saturated carbocycles. The highest BCUT2D eigenvalue weighted by molar-refractivity contribution is 5.89. The Morgan fingerprint density at radius 1 is 1.14 bits per heavy atom. The van der Waals surface area contributed by atoms with E-state index in [0.717, 1.165) is 38.2 Å². The number of rotatable bonds is 4. The number of benzene rings is 1. The van der Waals surface area contributed by atoms with E-state index in [2.05, 4.69) is 54.0 Å². The number of amides is 1. The molecule has 1 amide bonds. The van der Waals surface area contributed by atoms with Crippen LogP contribution in [0.25, 0.3) is 10.9 Å². The summed E-state index contributed by atoms with van der Waals surface area (Å²) >= 11 is 0. The molecule has 1 aromatic heterocycles. The van der Waals surface area contributed by atoms with Crippen molar-refractivity contribution in [1.82, 2.24) is 14.4 Å². The molecule has 0 unspecified atom stereocenters. The first kappa shape index (κ1) is 15.1. The van der Waals surface area contributed by atoms with Gasteiger partial charge in [0.15, 0.2) is 0 Å². The molecule has 1 aliphatic heterocycles. The molecule has 0 radical (unpaired) electrons. The van der Waals surface area contributed by atoms with Gasteiger partial charge in [0.25, 0.3) is 0 Å². The number of hydrogen-bond acceptors (Lipinski definition) is 2. The molecule has 1 aliphatic rings. The van der Waals surface area contributed by atoms with E-state index in [0.29, 0.717) is 6.42 Å². The standard InChI is InChI=1S/C18H25N3O/c1-19(2)14-21-13-15(16-8-4-5-9-17(16)21)12-18(22)20-10-6-3-7-11-20/h4-5,8-9,13H,3,6-7,10-12,14H2,1-2H3. The minimum Gasteiger partial charge on any atom is -0.342 e. The van der Waals surface area contributed by atoms with Crippen LogP contribution in [0.15, 0.2) is 30.5 Å². The maximum Gasteiger partial charge on any atom is 0.227 e. The molecule has 1 aromatic carbocycles. The summed E-state index contributed by atoms with van der Waals surface area (Å²) in [4.78, 5) is 16.7. The summed E-state index contributed by atoms with van der Waals surface area (Å²) in [6.45, 7) is 2.68. The van der Waals surface area contributed by atoms with Crippen LogP contribution in [-0.2, 0) is 17.9 Å². The van der Waals surface area contributed by atoms with Crippen molar-refractivity contribution in [3.63, 3.8) is 0 Å². The summed E-state index contributed by atoms with van der Waals surface area (Å²) < 4.78 is 2.23. The zero-order valence-corrected chi connectivity index (χ0v) is 13.6. The van der Waals surface area contributed by atoms with Crippen molar-refractivity contribution in [3.8, 4) is 0 Å². The highest BCUT2D eigenvalue weighted by atomic mass is 16.2. The van der Waals surface area contributed by atoms with Crippen LogP contribution in [0.5, 0.6) is 0 Å². The number of para-hydroxylation sites is 1. The van der Waals surface area contributed by atoms with Crippen LogP contribution in [-0.4, -0.2) is 47.5 Å². The summed E-state index contributed by atoms with van der Waals surface area (Å²) in [6.07, 6.45) is 6.21. The van der Waals surface area contributed by atoms with E-state index in [1.807, 2.05) is 4.90 Å². The predicted octanol–water partition coefficient (Wildman–Crippen LogP) is 2.72. The van der Waals surface area contributed by atoms with E-state index in [9.17, 15) is 4.79 Å². The summed E-state index contributed by atoms with van der Waals surface area (Å²) in [5.41, 5.74) is 2.35. The van der Waals surface area contributed by atoms with E-state index in [-0.39, 0.29) is 5.91 Å². The molecule has 0 aliphatic carbocycles. The van der Waals surface area contributed by atoms with Crippen molar-refractivity contribution in [2.24, 2.45) is 0 Å². The van der Waals surface area contributed by atoms with Gasteiger partial charge in [-0.3, -0.25) is 9.69 Å². The monoisotopic (exact) mass is 299 g/mol. The zero-order valence-electron chi connectivity index (χ0n) is 13.6. The number of carbonyl (C=O) groups is 1. The normalized spacial score (nSPS) is 15.7. The fraction of sp³-hybridized carbons (Fsp3) is 0.500. The molecular formula is C18H25N3O. The number of fused-ring (bicyclic) bond motifs is 1. The fourth-order valence-electron chi connectivity index (χ4n) is 3.30. The minimum absolute atomic E-state index is 0.271. The number of aromatic nitrogens is 1. The van der Waals surface area contributed by atoms with Gasteiger partial charge in [-0.25, -0.2) is 0 Å². The van der Waals surface area contributed by atoms with Crippen molar-refractivity contribution in [3.05, 3.63) is 36.0 Å². The van der Waals surface area contributed by atoms with Crippen LogP contribution >= 0.6 is 0 Å². The summed E-state index contributed by atoms with van der Waals surface area (Å²) in [6, 6.07) is 8.37. The van der Waals surface area contributed by atoms with Gasteiger partial charge in [0.2, 0.25) is 5.91 Å². The summed E-state index contributed by atoms with van der Waals surface area (Å²) in [5.74, 6) is 0.271. The van der Waals surface area contributed by atoms with Gasteiger partial charge in [-0.05, 0) is 45.0 Å². The Morgan fingerprint density at radius 2 is 1.86 bits per heavy atom. The van der Waals surface area contributed by atoms with Gasteiger partial charge < -0.3 is 9.47 Å². The van der Waals surface area contributed by atoms with Crippen molar-refractivity contribution in [2.45, 2.75) is 32.4 Å². The third-order valence-corrected chi connectivity index (χ3v) is 4.36. The molecule has 0 spiro atoms. The topological polar surface area (TPSA) is 28.5 Å². The largest absolute Gasteiger partial charge is 0.342 e. The summed E-state index contributed by atoms with van der Waals surface area (Å²) in [5, 5.41) is 1.20. The van der Waals surface area contributed by atoms with Crippen LogP contribution in [0.4, 0.5) is 0 Å². The van der Waals surface area contributed by atoms with E-state index in [1.54, 1.807) is 0 Å². The minimum atomic E-state index is 0.271. The smallest absolute Gasteiger partial charge is 0.227 e. The lowest BCUT2D eigenvalue weighted by molar-refractivity contribution is -0.131. The molecule has 4 heteroatoms. The summed E-state index contributed by atoms with van der Waals surface area (Å²) in [7, 11) is 4.13. The van der Waals surface area contributed by atoms with Crippen molar-refractivity contribution in [2.75, 3.05) is 27.2 Å². The highest BCUT2D eigenvalue weighted by Crippen LogP contribution is 2.23. The molecule has 1 fully saturated rings. The van der Waals surface area contributed by atoms with E-state index >= 15 is 0 Å². The van der Waals surface area contributed by atoms with Crippen LogP contribution in [0.3, 0.4) is 0 Å². The Kier molecular flexibility index (Phi) is 4.48. The van der Waals surface area contributed by atoms with Crippen LogP contribution in [0, 0.1) is 0 Å². The van der Waals surface area contributed by atoms with Crippen LogP contribution in [0.1, 0.15) is 24.8 Å². The number of piperidine rings is 1. The average Bonchev–Trinajstić information content (AvgIpc) is 2.86. The van der Waals surface area contributed by atoms with Crippen molar-refractivity contribution in [1.29, 1.82) is 0 Å². The van der Waals surface area contributed by atoms with Gasteiger partial charge in [0, 0.05) is 30.2 Å². The number of nitrogens with zero attached hydrogens (tertiary/aromatic N) is 3. The van der Waals surface area contributed by atoms with E-state index in [4.69, 9.17) is 0 Å². The van der Waals surface area contributed by atoms with Crippen molar-refractivity contribution >= 4 is 16.8 Å². The molecule has 22 heavy (non-hydrogen) atoms. The second-order valence-electron chi connectivity index (χ2n) is 6.48. The first-order chi connectivity index (χ1) is 10.6. The fourth-order valence-corrected chi connectivity index (χ4v) is 3.30. The second kappa shape index (κ2) is 6.53. The van der Waals surface area contributed by atoms with Crippen molar-refractivity contribution < 1.29 is 4.79 Å². The Morgan fingerprint density at radius 3 is 2.59 bits per heavy atom. The third-order valence-electron chi connectivity index (χ3n) is 4.36. The van der Waals surface area contributed by atoms with Gasteiger partial charge in [0.05, 0.1) is 13.1 Å². The maximum absolute atomic E-state index is 12.5.